The molecule has 0 aromatic heterocycles. The van der Waals surface area contributed by atoms with Gasteiger partial charge < -0.3 is 15.4 Å². The van der Waals surface area contributed by atoms with Gasteiger partial charge in [-0.2, -0.15) is 0 Å². The average molecular weight is 234 g/mol. The molecule has 0 bridgehead atoms. The number of rotatable bonds is 3. The number of amides is 1. The van der Waals surface area contributed by atoms with E-state index in [1.807, 2.05) is 24.3 Å². The van der Waals surface area contributed by atoms with Crippen molar-refractivity contribution in [2.45, 2.75) is 25.9 Å². The van der Waals surface area contributed by atoms with Crippen LogP contribution in [-0.2, 0) is 4.79 Å². The Kier molecular flexibility index (Phi) is 3.98. The fourth-order valence-electron chi connectivity index (χ4n) is 1.96. The van der Waals surface area contributed by atoms with Gasteiger partial charge in [0.05, 0.1) is 0 Å². The Hall–Kier alpha value is -1.55. The third-order valence-electron chi connectivity index (χ3n) is 2.71. The highest BCUT2D eigenvalue weighted by atomic mass is 16.5. The van der Waals surface area contributed by atoms with Gasteiger partial charge in [0.25, 0.3) is 0 Å². The minimum absolute atomic E-state index is 0.0681. The van der Waals surface area contributed by atoms with Crippen LogP contribution < -0.4 is 15.4 Å². The standard InChI is InChI=1S/C13H18N2O2/c1-10(16)15-11-4-2-5-12(8-11)17-13-6-3-7-14-9-13/h2,4-5,8,13-14H,3,6-7,9H2,1H3,(H,15,16)/t13-/m1/s1. The maximum atomic E-state index is 11.0. The third kappa shape index (κ3) is 3.75. The van der Waals surface area contributed by atoms with Gasteiger partial charge in [-0.05, 0) is 31.5 Å². The van der Waals surface area contributed by atoms with Crippen LogP contribution in [0, 0.1) is 0 Å². The number of hydrogen-bond acceptors (Lipinski definition) is 3. The molecule has 1 amide bonds. The number of hydrogen-bond donors (Lipinski definition) is 2. The van der Waals surface area contributed by atoms with Crippen LogP contribution >= 0.6 is 0 Å². The predicted molar refractivity (Wildman–Crippen MR) is 67.3 cm³/mol. The molecule has 1 atom stereocenters. The molecule has 92 valence electrons. The molecule has 0 spiro atoms. The van der Waals surface area contributed by atoms with E-state index in [4.69, 9.17) is 4.74 Å². The van der Waals surface area contributed by atoms with E-state index in [0.717, 1.165) is 37.4 Å². The van der Waals surface area contributed by atoms with Gasteiger partial charge in [-0.3, -0.25) is 4.79 Å². The summed E-state index contributed by atoms with van der Waals surface area (Å²) >= 11 is 0. The van der Waals surface area contributed by atoms with Crippen LogP contribution in [0.2, 0.25) is 0 Å². The Morgan fingerprint density at radius 3 is 3.12 bits per heavy atom. The number of benzene rings is 1. The first-order chi connectivity index (χ1) is 8.24. The maximum absolute atomic E-state index is 11.0. The van der Waals surface area contributed by atoms with Crippen molar-refractivity contribution < 1.29 is 9.53 Å². The van der Waals surface area contributed by atoms with Crippen LogP contribution in [0.25, 0.3) is 0 Å². The van der Waals surface area contributed by atoms with E-state index in [9.17, 15) is 4.79 Å². The van der Waals surface area contributed by atoms with Crippen molar-refractivity contribution in [2.75, 3.05) is 18.4 Å². The number of piperidine rings is 1. The summed E-state index contributed by atoms with van der Waals surface area (Å²) in [5, 5.41) is 6.06. The second-order valence-electron chi connectivity index (χ2n) is 4.30. The number of carbonyl (C=O) groups excluding carboxylic acids is 1. The van der Waals surface area contributed by atoms with Crippen LogP contribution in [0.5, 0.6) is 5.75 Å². The molecule has 2 N–H and O–H groups in total. The van der Waals surface area contributed by atoms with E-state index in [1.165, 1.54) is 6.92 Å². The summed E-state index contributed by atoms with van der Waals surface area (Å²) < 4.78 is 5.86. The highest BCUT2D eigenvalue weighted by molar-refractivity contribution is 5.88. The molecule has 4 heteroatoms. The molecule has 1 aliphatic heterocycles. The average Bonchev–Trinajstić information content (AvgIpc) is 2.30. The van der Waals surface area contributed by atoms with Crippen molar-refractivity contribution in [3.05, 3.63) is 24.3 Å². The summed E-state index contributed by atoms with van der Waals surface area (Å²) in [6.45, 7) is 3.47. The smallest absolute Gasteiger partial charge is 0.221 e. The first kappa shape index (κ1) is 11.9. The summed E-state index contributed by atoms with van der Waals surface area (Å²) in [4.78, 5) is 11.0. The molecule has 17 heavy (non-hydrogen) atoms. The lowest BCUT2D eigenvalue weighted by Gasteiger charge is -2.24. The van der Waals surface area contributed by atoms with Crippen molar-refractivity contribution in [3.8, 4) is 5.75 Å². The Balaban J connectivity index is 1.97. The van der Waals surface area contributed by atoms with Crippen molar-refractivity contribution >= 4 is 11.6 Å². The van der Waals surface area contributed by atoms with Crippen LogP contribution in [0.3, 0.4) is 0 Å². The Morgan fingerprint density at radius 1 is 1.53 bits per heavy atom. The summed E-state index contributed by atoms with van der Waals surface area (Å²) in [6.07, 6.45) is 2.46. The largest absolute Gasteiger partial charge is 0.489 e. The molecule has 0 unspecified atom stereocenters. The van der Waals surface area contributed by atoms with Crippen LogP contribution in [0.15, 0.2) is 24.3 Å². The molecule has 1 heterocycles. The summed E-state index contributed by atoms with van der Waals surface area (Å²) in [5.74, 6) is 0.742. The first-order valence-electron chi connectivity index (χ1n) is 5.99. The molecular weight excluding hydrogens is 216 g/mol. The van der Waals surface area contributed by atoms with E-state index in [2.05, 4.69) is 10.6 Å². The Labute approximate surface area is 101 Å². The van der Waals surface area contributed by atoms with Crippen molar-refractivity contribution in [2.24, 2.45) is 0 Å². The van der Waals surface area contributed by atoms with Crippen molar-refractivity contribution in [1.29, 1.82) is 0 Å². The Morgan fingerprint density at radius 2 is 2.41 bits per heavy atom. The number of nitrogens with one attached hydrogen (secondary N) is 2. The van der Waals surface area contributed by atoms with E-state index in [1.54, 1.807) is 0 Å². The summed E-state index contributed by atoms with van der Waals surface area (Å²) in [5.41, 5.74) is 0.777. The maximum Gasteiger partial charge on any atom is 0.221 e. The number of anilines is 1. The SMILES string of the molecule is CC(=O)Nc1cccc(O[C@@H]2CCCNC2)c1. The fourth-order valence-corrected chi connectivity index (χ4v) is 1.96. The molecule has 0 radical (unpaired) electrons. The molecule has 4 nitrogen and oxygen atoms in total. The topological polar surface area (TPSA) is 50.4 Å². The predicted octanol–water partition coefficient (Wildman–Crippen LogP) is 1.78. The van der Waals surface area contributed by atoms with Gasteiger partial charge in [-0.25, -0.2) is 0 Å². The molecule has 1 aromatic rings. The molecule has 1 fully saturated rings. The fraction of sp³-hybridized carbons (Fsp3) is 0.462. The second kappa shape index (κ2) is 5.68. The third-order valence-corrected chi connectivity index (χ3v) is 2.71. The van der Waals surface area contributed by atoms with E-state index in [0.29, 0.717) is 0 Å². The lowest BCUT2D eigenvalue weighted by atomic mass is 10.1. The molecule has 1 aromatic carbocycles. The molecule has 2 rings (SSSR count). The highest BCUT2D eigenvalue weighted by Gasteiger charge is 2.14. The molecule has 0 aliphatic carbocycles. The van der Waals surface area contributed by atoms with Crippen molar-refractivity contribution in [3.63, 3.8) is 0 Å². The molecule has 1 aliphatic rings. The van der Waals surface area contributed by atoms with E-state index >= 15 is 0 Å². The molecule has 0 saturated carbocycles. The first-order valence-corrected chi connectivity index (χ1v) is 5.99. The monoisotopic (exact) mass is 234 g/mol. The van der Waals surface area contributed by atoms with Crippen molar-refractivity contribution in [1.82, 2.24) is 5.32 Å². The zero-order valence-corrected chi connectivity index (χ0v) is 10.0. The lowest BCUT2D eigenvalue weighted by molar-refractivity contribution is -0.114. The molecule has 1 saturated heterocycles. The summed E-state index contributed by atoms with van der Waals surface area (Å²) in [7, 11) is 0. The zero-order chi connectivity index (χ0) is 12.1. The van der Waals surface area contributed by atoms with E-state index in [-0.39, 0.29) is 12.0 Å². The van der Waals surface area contributed by atoms with Gasteiger partial charge in [0.1, 0.15) is 11.9 Å². The number of ether oxygens (including phenoxy) is 1. The Bertz CT molecular complexity index is 387. The minimum atomic E-state index is -0.0681. The van der Waals surface area contributed by atoms with Gasteiger partial charge in [-0.1, -0.05) is 6.07 Å². The molecular formula is C13H18N2O2. The lowest BCUT2D eigenvalue weighted by Crippen LogP contribution is -2.37. The minimum Gasteiger partial charge on any atom is -0.489 e. The summed E-state index contributed by atoms with van der Waals surface area (Å²) in [6, 6.07) is 7.51. The van der Waals surface area contributed by atoms with Gasteiger partial charge in [-0.15, -0.1) is 0 Å². The zero-order valence-electron chi connectivity index (χ0n) is 10.0. The highest BCUT2D eigenvalue weighted by Crippen LogP contribution is 2.20. The second-order valence-corrected chi connectivity index (χ2v) is 4.30. The van der Waals surface area contributed by atoms with Gasteiger partial charge >= 0.3 is 0 Å². The van der Waals surface area contributed by atoms with Crippen LogP contribution in [0.4, 0.5) is 5.69 Å². The van der Waals surface area contributed by atoms with Crippen LogP contribution in [0.1, 0.15) is 19.8 Å². The van der Waals surface area contributed by atoms with Gasteiger partial charge in [0.2, 0.25) is 5.91 Å². The van der Waals surface area contributed by atoms with Gasteiger partial charge in [0, 0.05) is 25.2 Å². The number of carbonyl (C=O) groups is 1. The van der Waals surface area contributed by atoms with Gasteiger partial charge in [0.15, 0.2) is 0 Å². The normalized spacial score (nSPS) is 19.7. The van der Waals surface area contributed by atoms with Crippen LogP contribution in [-0.4, -0.2) is 25.1 Å². The van der Waals surface area contributed by atoms with E-state index < -0.39 is 0 Å². The quantitative estimate of drug-likeness (QED) is 0.838.